The van der Waals surface area contributed by atoms with Gasteiger partial charge in [0.2, 0.25) is 0 Å². The van der Waals surface area contributed by atoms with Crippen molar-refractivity contribution in [2.45, 2.75) is 33.6 Å². The molecule has 0 spiro atoms. The predicted octanol–water partition coefficient (Wildman–Crippen LogP) is 2.13. The van der Waals surface area contributed by atoms with Crippen LogP contribution in [0.2, 0.25) is 0 Å². The predicted molar refractivity (Wildman–Crippen MR) is 72.3 cm³/mol. The SMILES string of the molecule is Cc1cc(CCN)cnc1N1CCC(C)(C)C1. The van der Waals surface area contributed by atoms with E-state index in [1.807, 2.05) is 6.20 Å². The Morgan fingerprint density at radius 2 is 2.24 bits per heavy atom. The van der Waals surface area contributed by atoms with Crippen LogP contribution in [0.25, 0.3) is 0 Å². The number of aromatic nitrogens is 1. The number of hydrogen-bond donors (Lipinski definition) is 1. The van der Waals surface area contributed by atoms with Gasteiger partial charge in [0.05, 0.1) is 0 Å². The fourth-order valence-electron chi connectivity index (χ4n) is 2.55. The molecule has 2 rings (SSSR count). The third-order valence-electron chi connectivity index (χ3n) is 3.52. The van der Waals surface area contributed by atoms with Gasteiger partial charge in [0.25, 0.3) is 0 Å². The van der Waals surface area contributed by atoms with Crippen LogP contribution in [-0.2, 0) is 6.42 Å². The van der Waals surface area contributed by atoms with Crippen LogP contribution in [0.15, 0.2) is 12.3 Å². The quantitative estimate of drug-likeness (QED) is 0.869. The summed E-state index contributed by atoms with van der Waals surface area (Å²) < 4.78 is 0. The molecule has 0 atom stereocenters. The molecule has 1 aliphatic heterocycles. The van der Waals surface area contributed by atoms with E-state index >= 15 is 0 Å². The summed E-state index contributed by atoms with van der Waals surface area (Å²) in [6.07, 6.45) is 4.14. The van der Waals surface area contributed by atoms with Crippen LogP contribution in [0.5, 0.6) is 0 Å². The minimum absolute atomic E-state index is 0.421. The van der Waals surface area contributed by atoms with Gasteiger partial charge < -0.3 is 10.6 Å². The molecule has 1 aliphatic rings. The summed E-state index contributed by atoms with van der Waals surface area (Å²) in [7, 11) is 0. The number of rotatable bonds is 3. The lowest BCUT2D eigenvalue weighted by molar-refractivity contribution is 0.418. The van der Waals surface area contributed by atoms with Crippen molar-refractivity contribution in [1.82, 2.24) is 4.98 Å². The molecule has 2 heterocycles. The van der Waals surface area contributed by atoms with E-state index in [2.05, 4.69) is 36.7 Å². The Morgan fingerprint density at radius 3 is 2.76 bits per heavy atom. The second-order valence-corrected chi connectivity index (χ2v) is 5.86. The van der Waals surface area contributed by atoms with E-state index in [0.717, 1.165) is 25.3 Å². The van der Waals surface area contributed by atoms with Crippen molar-refractivity contribution >= 4 is 5.82 Å². The van der Waals surface area contributed by atoms with E-state index in [-0.39, 0.29) is 0 Å². The van der Waals surface area contributed by atoms with Crippen LogP contribution in [0, 0.1) is 12.3 Å². The molecule has 1 saturated heterocycles. The molecular weight excluding hydrogens is 210 g/mol. The summed E-state index contributed by atoms with van der Waals surface area (Å²) in [6.45, 7) is 9.72. The zero-order chi connectivity index (χ0) is 12.5. The first-order valence-electron chi connectivity index (χ1n) is 6.42. The summed E-state index contributed by atoms with van der Waals surface area (Å²) in [4.78, 5) is 7.02. The summed E-state index contributed by atoms with van der Waals surface area (Å²) in [5.74, 6) is 1.15. The van der Waals surface area contributed by atoms with Crippen molar-refractivity contribution in [1.29, 1.82) is 0 Å². The zero-order valence-corrected chi connectivity index (χ0v) is 11.2. The highest BCUT2D eigenvalue weighted by molar-refractivity contribution is 5.48. The lowest BCUT2D eigenvalue weighted by Gasteiger charge is -2.22. The largest absolute Gasteiger partial charge is 0.356 e. The highest BCUT2D eigenvalue weighted by atomic mass is 15.2. The maximum absolute atomic E-state index is 5.57. The Morgan fingerprint density at radius 1 is 1.47 bits per heavy atom. The molecular formula is C14H23N3. The third-order valence-corrected chi connectivity index (χ3v) is 3.52. The molecule has 0 unspecified atom stereocenters. The first-order chi connectivity index (χ1) is 8.02. The first-order valence-corrected chi connectivity index (χ1v) is 6.42. The Labute approximate surface area is 104 Å². The van der Waals surface area contributed by atoms with Crippen molar-refractivity contribution in [2.24, 2.45) is 11.1 Å². The Balaban J connectivity index is 2.17. The molecule has 0 radical (unpaired) electrons. The summed E-state index contributed by atoms with van der Waals surface area (Å²) in [6, 6.07) is 2.22. The van der Waals surface area contributed by atoms with Gasteiger partial charge in [-0.05, 0) is 42.9 Å². The monoisotopic (exact) mass is 233 g/mol. The maximum atomic E-state index is 5.57. The number of anilines is 1. The zero-order valence-electron chi connectivity index (χ0n) is 11.2. The van der Waals surface area contributed by atoms with Crippen LogP contribution in [0.3, 0.4) is 0 Å². The van der Waals surface area contributed by atoms with E-state index in [4.69, 9.17) is 5.73 Å². The molecule has 17 heavy (non-hydrogen) atoms. The normalized spacial score (nSPS) is 18.7. The molecule has 1 aromatic rings. The Bertz CT molecular complexity index is 398. The molecule has 0 saturated carbocycles. The molecule has 0 bridgehead atoms. The van der Waals surface area contributed by atoms with Crippen LogP contribution < -0.4 is 10.6 Å². The van der Waals surface area contributed by atoms with Crippen molar-refractivity contribution < 1.29 is 0 Å². The van der Waals surface area contributed by atoms with Gasteiger partial charge in [0, 0.05) is 19.3 Å². The number of nitrogens with zero attached hydrogens (tertiary/aromatic N) is 2. The van der Waals surface area contributed by atoms with Crippen molar-refractivity contribution in [2.75, 3.05) is 24.5 Å². The maximum Gasteiger partial charge on any atom is 0.131 e. The lowest BCUT2D eigenvalue weighted by atomic mass is 9.93. The topological polar surface area (TPSA) is 42.1 Å². The molecule has 0 amide bonds. The van der Waals surface area contributed by atoms with E-state index in [9.17, 15) is 0 Å². The van der Waals surface area contributed by atoms with E-state index in [1.165, 1.54) is 17.5 Å². The Kier molecular flexibility index (Phi) is 3.38. The van der Waals surface area contributed by atoms with Gasteiger partial charge in [-0.15, -0.1) is 0 Å². The average molecular weight is 233 g/mol. The van der Waals surface area contributed by atoms with Crippen molar-refractivity contribution in [3.8, 4) is 0 Å². The van der Waals surface area contributed by atoms with Gasteiger partial charge in [-0.2, -0.15) is 0 Å². The number of nitrogens with two attached hydrogens (primary N) is 1. The average Bonchev–Trinajstić information content (AvgIpc) is 2.59. The molecule has 94 valence electrons. The summed E-state index contributed by atoms with van der Waals surface area (Å²) >= 11 is 0. The van der Waals surface area contributed by atoms with Gasteiger partial charge in [-0.25, -0.2) is 4.98 Å². The van der Waals surface area contributed by atoms with E-state index in [1.54, 1.807) is 0 Å². The summed E-state index contributed by atoms with van der Waals surface area (Å²) in [5, 5.41) is 0. The second kappa shape index (κ2) is 4.65. The fraction of sp³-hybridized carbons (Fsp3) is 0.643. The fourth-order valence-corrected chi connectivity index (χ4v) is 2.55. The van der Waals surface area contributed by atoms with Gasteiger partial charge in [0.1, 0.15) is 5.82 Å². The third kappa shape index (κ3) is 2.78. The minimum Gasteiger partial charge on any atom is -0.356 e. The van der Waals surface area contributed by atoms with Crippen LogP contribution >= 0.6 is 0 Å². The van der Waals surface area contributed by atoms with Crippen LogP contribution in [0.4, 0.5) is 5.82 Å². The number of aryl methyl sites for hydroxylation is 1. The standard InChI is InChI=1S/C14H23N3/c1-11-8-12(4-6-15)9-16-13(11)17-7-5-14(2,3)10-17/h8-9H,4-7,10,15H2,1-3H3. The van der Waals surface area contributed by atoms with E-state index in [0.29, 0.717) is 12.0 Å². The second-order valence-electron chi connectivity index (χ2n) is 5.86. The van der Waals surface area contributed by atoms with Crippen molar-refractivity contribution in [3.63, 3.8) is 0 Å². The molecule has 1 aromatic heterocycles. The molecule has 3 heteroatoms. The summed E-state index contributed by atoms with van der Waals surface area (Å²) in [5.41, 5.74) is 8.50. The first kappa shape index (κ1) is 12.4. The number of pyridine rings is 1. The highest BCUT2D eigenvalue weighted by Crippen LogP contribution is 2.32. The van der Waals surface area contributed by atoms with E-state index < -0.39 is 0 Å². The molecule has 2 N–H and O–H groups in total. The highest BCUT2D eigenvalue weighted by Gasteiger charge is 2.30. The molecule has 3 nitrogen and oxygen atoms in total. The van der Waals surface area contributed by atoms with Crippen molar-refractivity contribution in [3.05, 3.63) is 23.4 Å². The molecule has 0 aromatic carbocycles. The van der Waals surface area contributed by atoms with Gasteiger partial charge in [-0.1, -0.05) is 19.9 Å². The smallest absolute Gasteiger partial charge is 0.131 e. The number of hydrogen-bond acceptors (Lipinski definition) is 3. The van der Waals surface area contributed by atoms with Gasteiger partial charge >= 0.3 is 0 Å². The lowest BCUT2D eigenvalue weighted by Crippen LogP contribution is -2.24. The molecule has 0 aliphatic carbocycles. The Hall–Kier alpha value is -1.09. The van der Waals surface area contributed by atoms with Gasteiger partial charge in [0.15, 0.2) is 0 Å². The van der Waals surface area contributed by atoms with Crippen LogP contribution in [-0.4, -0.2) is 24.6 Å². The molecule has 1 fully saturated rings. The minimum atomic E-state index is 0.421. The van der Waals surface area contributed by atoms with Gasteiger partial charge in [-0.3, -0.25) is 0 Å². The van der Waals surface area contributed by atoms with Crippen LogP contribution in [0.1, 0.15) is 31.4 Å².